The second-order valence-electron chi connectivity index (χ2n) is 15.7. The topological polar surface area (TPSA) is 121 Å². The molecule has 2 fully saturated rings. The number of carbonyl (C=O) groups is 3. The van der Waals surface area contributed by atoms with Crippen LogP contribution in [-0.2, 0) is 20.9 Å². The molecule has 2 unspecified atom stereocenters. The fraction of sp³-hybridized carbons (Fsp3) is 0.700. The molecule has 3 atom stereocenters. The molecule has 0 radical (unpaired) electrons. The summed E-state index contributed by atoms with van der Waals surface area (Å²) in [7, 11) is 0. The SMILES string of the molecule is Cc1ncsc1-c1ccc(CNC(=O)C2CC(O)CN2C(=O)[C@@H](NC(=O)C2(F)CC2)C(C)(C)C)c(OCCCCCCCCCCCCCCBr)c1. The lowest BCUT2D eigenvalue weighted by atomic mass is 9.85. The van der Waals surface area contributed by atoms with Gasteiger partial charge >= 0.3 is 0 Å². The Bertz CT molecular complexity index is 1460. The van der Waals surface area contributed by atoms with E-state index in [1.54, 1.807) is 32.1 Å². The van der Waals surface area contributed by atoms with Crippen molar-refractivity contribution >= 4 is 45.0 Å². The number of aliphatic hydroxyl groups is 1. The van der Waals surface area contributed by atoms with Gasteiger partial charge in [0, 0.05) is 30.4 Å². The predicted molar refractivity (Wildman–Crippen MR) is 209 cm³/mol. The maximum atomic E-state index is 14.5. The highest BCUT2D eigenvalue weighted by atomic mass is 79.9. The number of amides is 3. The Labute approximate surface area is 322 Å². The minimum absolute atomic E-state index is 0.0464. The van der Waals surface area contributed by atoms with Crippen LogP contribution in [0.3, 0.4) is 0 Å². The molecule has 1 aliphatic carbocycles. The number of likely N-dealkylation sites (tertiary alicyclic amines) is 1. The van der Waals surface area contributed by atoms with Crippen LogP contribution in [-0.4, -0.2) is 75.1 Å². The molecule has 1 saturated heterocycles. The van der Waals surface area contributed by atoms with E-state index in [2.05, 4.69) is 31.5 Å². The van der Waals surface area contributed by atoms with Gasteiger partial charge in [-0.3, -0.25) is 14.4 Å². The van der Waals surface area contributed by atoms with Crippen LogP contribution in [0.1, 0.15) is 128 Å². The van der Waals surface area contributed by atoms with Gasteiger partial charge in [-0.2, -0.15) is 0 Å². The molecule has 2 aromatic rings. The predicted octanol–water partition coefficient (Wildman–Crippen LogP) is 8.18. The molecule has 3 amide bonds. The maximum absolute atomic E-state index is 14.5. The van der Waals surface area contributed by atoms with Crippen molar-refractivity contribution in [2.24, 2.45) is 5.41 Å². The first kappa shape index (κ1) is 42.2. The average Bonchev–Trinajstić information content (AvgIpc) is 3.51. The highest BCUT2D eigenvalue weighted by Crippen LogP contribution is 2.40. The van der Waals surface area contributed by atoms with Crippen LogP contribution in [0.2, 0.25) is 0 Å². The van der Waals surface area contributed by atoms with Crippen LogP contribution in [0.15, 0.2) is 23.7 Å². The Morgan fingerprint density at radius 1 is 1.04 bits per heavy atom. The van der Waals surface area contributed by atoms with Gasteiger partial charge in [-0.1, -0.05) is 113 Å². The Kier molecular flexibility index (Phi) is 16.4. The number of aryl methyl sites for hydroxylation is 1. The number of alkyl halides is 2. The standard InChI is InChI=1S/C40H60BrFN4O5S/c1-28-34(52-27-44-28)29-17-18-30(33(23-29)51-22-16-14-12-10-8-6-5-7-9-11-13-15-21-41)25-43-36(48)32-24-31(47)26-46(32)37(49)35(39(2,3)4)45-38(50)40(42)19-20-40/h17-18,23,27,31-32,35,47H,5-16,19-22,24-26H2,1-4H3,(H,43,48)(H,45,50)/t31?,32?,35-/m1/s1. The molecule has 4 rings (SSSR count). The number of unbranched alkanes of at least 4 members (excludes halogenated alkanes) is 11. The minimum Gasteiger partial charge on any atom is -0.493 e. The molecule has 9 nitrogen and oxygen atoms in total. The van der Waals surface area contributed by atoms with Gasteiger partial charge in [0.15, 0.2) is 5.67 Å². The summed E-state index contributed by atoms with van der Waals surface area (Å²) in [5.74, 6) is -1.02. The molecule has 0 spiro atoms. The zero-order valence-corrected chi connectivity index (χ0v) is 34.0. The molecule has 290 valence electrons. The lowest BCUT2D eigenvalue weighted by molar-refractivity contribution is -0.145. The van der Waals surface area contributed by atoms with Crippen molar-refractivity contribution in [1.82, 2.24) is 20.5 Å². The van der Waals surface area contributed by atoms with Gasteiger partial charge in [0.2, 0.25) is 11.8 Å². The van der Waals surface area contributed by atoms with E-state index in [0.717, 1.165) is 39.9 Å². The second kappa shape index (κ2) is 20.2. The molecule has 12 heteroatoms. The van der Waals surface area contributed by atoms with Gasteiger partial charge < -0.3 is 25.4 Å². The van der Waals surface area contributed by atoms with Gasteiger partial charge in [0.05, 0.1) is 28.8 Å². The van der Waals surface area contributed by atoms with Gasteiger partial charge in [0.1, 0.15) is 17.8 Å². The Morgan fingerprint density at radius 2 is 1.65 bits per heavy atom. The first-order valence-electron chi connectivity index (χ1n) is 19.3. The number of halogens is 2. The molecule has 0 bridgehead atoms. The third kappa shape index (κ3) is 12.5. The van der Waals surface area contributed by atoms with Crippen LogP contribution in [0.25, 0.3) is 10.4 Å². The Morgan fingerprint density at radius 3 is 2.21 bits per heavy atom. The van der Waals surface area contributed by atoms with E-state index >= 15 is 0 Å². The summed E-state index contributed by atoms with van der Waals surface area (Å²) in [6.07, 6.45) is 14.5. The van der Waals surface area contributed by atoms with Crippen molar-refractivity contribution in [1.29, 1.82) is 0 Å². The van der Waals surface area contributed by atoms with Crippen LogP contribution in [0.4, 0.5) is 4.39 Å². The summed E-state index contributed by atoms with van der Waals surface area (Å²) in [6, 6.07) is 3.97. The lowest BCUT2D eigenvalue weighted by Crippen LogP contribution is -2.59. The van der Waals surface area contributed by atoms with Crippen molar-refractivity contribution in [2.45, 2.75) is 154 Å². The van der Waals surface area contributed by atoms with E-state index in [4.69, 9.17) is 4.74 Å². The molecule has 52 heavy (non-hydrogen) atoms. The summed E-state index contributed by atoms with van der Waals surface area (Å²) in [5, 5.41) is 17.3. The molecule has 1 aromatic heterocycles. The quantitative estimate of drug-likeness (QED) is 0.0816. The van der Waals surface area contributed by atoms with Crippen LogP contribution < -0.4 is 15.4 Å². The largest absolute Gasteiger partial charge is 0.493 e. The normalized spacial score (nSPS) is 18.6. The number of thiazole rings is 1. The van der Waals surface area contributed by atoms with Crippen molar-refractivity contribution in [2.75, 3.05) is 18.5 Å². The second-order valence-corrected chi connectivity index (χ2v) is 17.4. The molecule has 2 heterocycles. The van der Waals surface area contributed by atoms with E-state index in [-0.39, 0.29) is 32.4 Å². The first-order valence-corrected chi connectivity index (χ1v) is 21.3. The molecule has 1 aliphatic heterocycles. The molecular weight excluding hydrogens is 747 g/mol. The van der Waals surface area contributed by atoms with E-state index in [1.165, 1.54) is 69.1 Å². The van der Waals surface area contributed by atoms with Gasteiger partial charge in [-0.15, -0.1) is 11.3 Å². The fourth-order valence-electron chi connectivity index (χ4n) is 6.72. The van der Waals surface area contributed by atoms with Crippen LogP contribution in [0, 0.1) is 12.3 Å². The minimum atomic E-state index is -1.94. The zero-order chi connectivity index (χ0) is 37.7. The number of benzene rings is 1. The lowest BCUT2D eigenvalue weighted by Gasteiger charge is -2.35. The van der Waals surface area contributed by atoms with Gasteiger partial charge in [-0.05, 0) is 49.7 Å². The summed E-state index contributed by atoms with van der Waals surface area (Å²) in [5.41, 5.74) is 1.89. The molecule has 1 saturated carbocycles. The highest BCUT2D eigenvalue weighted by Gasteiger charge is 2.53. The van der Waals surface area contributed by atoms with Crippen molar-refractivity contribution in [3.63, 3.8) is 0 Å². The van der Waals surface area contributed by atoms with E-state index in [9.17, 15) is 23.9 Å². The average molecular weight is 808 g/mol. The smallest absolute Gasteiger partial charge is 0.258 e. The zero-order valence-electron chi connectivity index (χ0n) is 31.6. The van der Waals surface area contributed by atoms with Crippen molar-refractivity contribution in [3.8, 4) is 16.2 Å². The summed E-state index contributed by atoms with van der Waals surface area (Å²) in [4.78, 5) is 46.9. The maximum Gasteiger partial charge on any atom is 0.258 e. The number of β-amino-alcohol motifs (C(OH)–C–C–N with tert-alkyl or cyclic N) is 1. The van der Waals surface area contributed by atoms with Crippen molar-refractivity contribution in [3.05, 3.63) is 35.0 Å². The summed E-state index contributed by atoms with van der Waals surface area (Å²) < 4.78 is 20.9. The Hall–Kier alpha value is -2.57. The third-order valence-electron chi connectivity index (χ3n) is 10.2. The van der Waals surface area contributed by atoms with Gasteiger partial charge in [0.25, 0.3) is 5.91 Å². The number of aromatic nitrogens is 1. The molecule has 3 N–H and O–H groups in total. The Balaban J connectivity index is 1.31. The number of aliphatic hydroxyl groups excluding tert-OH is 1. The van der Waals surface area contributed by atoms with E-state index in [0.29, 0.717) is 12.4 Å². The number of hydrogen-bond acceptors (Lipinski definition) is 7. The highest BCUT2D eigenvalue weighted by molar-refractivity contribution is 9.09. The fourth-order valence-corrected chi connectivity index (χ4v) is 7.92. The third-order valence-corrected chi connectivity index (χ3v) is 11.7. The number of hydrogen-bond donors (Lipinski definition) is 3. The number of ether oxygens (including phenoxy) is 1. The number of carbonyl (C=O) groups excluding carboxylic acids is 3. The molecule has 2 aliphatic rings. The molecule has 1 aromatic carbocycles. The summed E-state index contributed by atoms with van der Waals surface area (Å²) in [6.45, 7) is 8.02. The van der Waals surface area contributed by atoms with Crippen molar-refractivity contribution < 1.29 is 28.6 Å². The van der Waals surface area contributed by atoms with E-state index in [1.807, 2.05) is 30.6 Å². The summed E-state index contributed by atoms with van der Waals surface area (Å²) >= 11 is 5.07. The number of nitrogens with one attached hydrogen (secondary N) is 2. The monoisotopic (exact) mass is 806 g/mol. The number of rotatable bonds is 22. The van der Waals surface area contributed by atoms with E-state index < -0.39 is 47.0 Å². The molecular formula is C40H60BrFN4O5S. The van der Waals surface area contributed by atoms with Gasteiger partial charge in [-0.25, -0.2) is 9.37 Å². The van der Waals surface area contributed by atoms with Crippen LogP contribution in [0.5, 0.6) is 5.75 Å². The van der Waals surface area contributed by atoms with Crippen LogP contribution >= 0.6 is 27.3 Å². The number of nitrogens with zero attached hydrogens (tertiary/aromatic N) is 2. The first-order chi connectivity index (χ1) is 24.8.